The Morgan fingerprint density at radius 1 is 1.24 bits per heavy atom. The van der Waals surface area contributed by atoms with Gasteiger partial charge < -0.3 is 9.47 Å². The summed E-state index contributed by atoms with van der Waals surface area (Å²) in [6.07, 6.45) is 2.23. The maximum atomic E-state index is 5.42. The van der Waals surface area contributed by atoms with Crippen LogP contribution in [0.15, 0.2) is 23.6 Å². The summed E-state index contributed by atoms with van der Waals surface area (Å²) in [7, 11) is 2.11. The van der Waals surface area contributed by atoms with Crippen LogP contribution in [0.25, 0.3) is 0 Å². The molecule has 0 bridgehead atoms. The van der Waals surface area contributed by atoms with E-state index in [1.165, 1.54) is 10.6 Å². The van der Waals surface area contributed by atoms with Crippen LogP contribution in [-0.2, 0) is 19.5 Å². The standard InChI is InChI=1S/C16H20N2O2S/c1-3-4-16-17-13(10-21-16)9-18(2)8-12-5-6-14-15(7-12)20-11-19-14/h5-7,10H,3-4,8-9,11H2,1-2H3. The molecule has 4 nitrogen and oxygen atoms in total. The van der Waals surface area contributed by atoms with Crippen LogP contribution in [-0.4, -0.2) is 23.7 Å². The van der Waals surface area contributed by atoms with Gasteiger partial charge >= 0.3 is 0 Å². The third kappa shape index (κ3) is 3.54. The molecule has 1 aromatic heterocycles. The van der Waals surface area contributed by atoms with Crippen molar-refractivity contribution in [2.24, 2.45) is 0 Å². The van der Waals surface area contributed by atoms with Crippen molar-refractivity contribution in [3.63, 3.8) is 0 Å². The van der Waals surface area contributed by atoms with Crippen LogP contribution in [0.5, 0.6) is 11.5 Å². The number of hydrogen-bond acceptors (Lipinski definition) is 5. The molecular formula is C16H20N2O2S. The number of aryl methyl sites for hydroxylation is 1. The number of rotatable bonds is 6. The highest BCUT2D eigenvalue weighted by molar-refractivity contribution is 7.09. The van der Waals surface area contributed by atoms with E-state index in [2.05, 4.69) is 41.4 Å². The lowest BCUT2D eigenvalue weighted by Gasteiger charge is -2.15. The summed E-state index contributed by atoms with van der Waals surface area (Å²) in [5.41, 5.74) is 2.39. The van der Waals surface area contributed by atoms with Crippen LogP contribution < -0.4 is 9.47 Å². The number of ether oxygens (including phenoxy) is 2. The maximum Gasteiger partial charge on any atom is 0.231 e. The number of hydrogen-bond donors (Lipinski definition) is 0. The smallest absolute Gasteiger partial charge is 0.231 e. The molecule has 0 aliphatic carbocycles. The van der Waals surface area contributed by atoms with Crippen LogP contribution in [0.1, 0.15) is 29.6 Å². The number of nitrogens with zero attached hydrogens (tertiary/aromatic N) is 2. The molecule has 0 spiro atoms. The van der Waals surface area contributed by atoms with Crippen molar-refractivity contribution in [2.75, 3.05) is 13.8 Å². The zero-order chi connectivity index (χ0) is 14.7. The van der Waals surface area contributed by atoms with Crippen LogP contribution in [0, 0.1) is 0 Å². The summed E-state index contributed by atoms with van der Waals surface area (Å²) >= 11 is 1.76. The van der Waals surface area contributed by atoms with E-state index in [9.17, 15) is 0 Å². The molecule has 5 heteroatoms. The van der Waals surface area contributed by atoms with Gasteiger partial charge in [-0.25, -0.2) is 4.98 Å². The van der Waals surface area contributed by atoms with Crippen molar-refractivity contribution in [3.05, 3.63) is 39.8 Å². The molecule has 0 saturated carbocycles. The lowest BCUT2D eigenvalue weighted by atomic mass is 10.2. The number of thiazole rings is 1. The molecule has 0 unspecified atom stereocenters. The van der Waals surface area contributed by atoms with Crippen molar-refractivity contribution in [1.82, 2.24) is 9.88 Å². The van der Waals surface area contributed by atoms with Gasteiger partial charge in [0.1, 0.15) is 0 Å². The van der Waals surface area contributed by atoms with Crippen molar-refractivity contribution < 1.29 is 9.47 Å². The van der Waals surface area contributed by atoms with Gasteiger partial charge in [0.25, 0.3) is 0 Å². The molecule has 0 amide bonds. The van der Waals surface area contributed by atoms with Crippen molar-refractivity contribution in [2.45, 2.75) is 32.9 Å². The predicted octanol–water partition coefficient (Wildman–Crippen LogP) is 3.46. The van der Waals surface area contributed by atoms with Gasteiger partial charge in [-0.05, 0) is 37.6 Å². The average Bonchev–Trinajstić information content (AvgIpc) is 3.08. The lowest BCUT2D eigenvalue weighted by Crippen LogP contribution is -2.17. The molecule has 0 saturated heterocycles. The fourth-order valence-electron chi connectivity index (χ4n) is 2.43. The summed E-state index contributed by atoms with van der Waals surface area (Å²) in [6, 6.07) is 6.13. The topological polar surface area (TPSA) is 34.6 Å². The van der Waals surface area contributed by atoms with Crippen molar-refractivity contribution in [3.8, 4) is 11.5 Å². The van der Waals surface area contributed by atoms with Crippen molar-refractivity contribution >= 4 is 11.3 Å². The summed E-state index contributed by atoms with van der Waals surface area (Å²) in [6.45, 7) is 4.26. The Balaban J connectivity index is 1.59. The minimum absolute atomic E-state index is 0.327. The lowest BCUT2D eigenvalue weighted by molar-refractivity contribution is 0.174. The van der Waals surface area contributed by atoms with Gasteiger partial charge in [-0.3, -0.25) is 4.90 Å². The molecule has 1 aromatic carbocycles. The quantitative estimate of drug-likeness (QED) is 0.818. The molecule has 112 valence electrons. The normalized spacial score (nSPS) is 13.1. The first-order chi connectivity index (χ1) is 10.2. The molecule has 21 heavy (non-hydrogen) atoms. The second-order valence-electron chi connectivity index (χ2n) is 5.34. The highest BCUT2D eigenvalue weighted by atomic mass is 32.1. The minimum Gasteiger partial charge on any atom is -0.454 e. The molecule has 3 rings (SSSR count). The Morgan fingerprint density at radius 3 is 2.95 bits per heavy atom. The monoisotopic (exact) mass is 304 g/mol. The average molecular weight is 304 g/mol. The van der Waals surface area contributed by atoms with E-state index in [0.717, 1.165) is 43.1 Å². The molecule has 0 fully saturated rings. The first kappa shape index (κ1) is 14.4. The summed E-state index contributed by atoms with van der Waals surface area (Å²) in [4.78, 5) is 6.94. The van der Waals surface area contributed by atoms with Gasteiger partial charge in [0.15, 0.2) is 11.5 Å². The highest BCUT2D eigenvalue weighted by Gasteiger charge is 2.14. The fraction of sp³-hybridized carbons (Fsp3) is 0.438. The summed E-state index contributed by atoms with van der Waals surface area (Å²) < 4.78 is 10.8. The van der Waals surface area contributed by atoms with Crippen molar-refractivity contribution in [1.29, 1.82) is 0 Å². The third-order valence-corrected chi connectivity index (χ3v) is 4.34. The Hall–Kier alpha value is -1.59. The summed E-state index contributed by atoms with van der Waals surface area (Å²) in [5.74, 6) is 1.69. The predicted molar refractivity (Wildman–Crippen MR) is 83.8 cm³/mol. The molecule has 2 aromatic rings. The van der Waals surface area contributed by atoms with Crippen LogP contribution in [0.3, 0.4) is 0 Å². The first-order valence-electron chi connectivity index (χ1n) is 7.25. The fourth-order valence-corrected chi connectivity index (χ4v) is 3.32. The maximum absolute atomic E-state index is 5.42. The second kappa shape index (κ2) is 6.45. The number of aromatic nitrogens is 1. The minimum atomic E-state index is 0.327. The van der Waals surface area contributed by atoms with Gasteiger partial charge in [0.05, 0.1) is 10.7 Å². The van der Waals surface area contributed by atoms with Crippen LogP contribution in [0.2, 0.25) is 0 Å². The van der Waals surface area contributed by atoms with E-state index < -0.39 is 0 Å². The molecule has 1 aliphatic heterocycles. The SMILES string of the molecule is CCCc1nc(CN(C)Cc2ccc3c(c2)OCO3)cs1. The number of fused-ring (bicyclic) bond motifs is 1. The molecule has 0 atom stereocenters. The summed E-state index contributed by atoms with van der Waals surface area (Å²) in [5, 5.41) is 3.41. The van der Waals surface area contributed by atoms with E-state index in [1.54, 1.807) is 11.3 Å². The third-order valence-electron chi connectivity index (χ3n) is 3.38. The zero-order valence-electron chi connectivity index (χ0n) is 12.5. The van der Waals surface area contributed by atoms with E-state index in [1.807, 2.05) is 6.07 Å². The Bertz CT molecular complexity index is 612. The van der Waals surface area contributed by atoms with Gasteiger partial charge in [0, 0.05) is 18.5 Å². The van der Waals surface area contributed by atoms with Gasteiger partial charge in [-0.15, -0.1) is 11.3 Å². The molecule has 0 radical (unpaired) electrons. The molecule has 2 heterocycles. The first-order valence-corrected chi connectivity index (χ1v) is 8.13. The van der Waals surface area contributed by atoms with Gasteiger partial charge in [-0.1, -0.05) is 13.0 Å². The van der Waals surface area contributed by atoms with Gasteiger partial charge in [0.2, 0.25) is 6.79 Å². The second-order valence-corrected chi connectivity index (χ2v) is 6.29. The van der Waals surface area contributed by atoms with Crippen LogP contribution in [0.4, 0.5) is 0 Å². The van der Waals surface area contributed by atoms with Crippen LogP contribution >= 0.6 is 11.3 Å². The Kier molecular flexibility index (Phi) is 4.41. The Morgan fingerprint density at radius 2 is 2.10 bits per heavy atom. The van der Waals surface area contributed by atoms with E-state index >= 15 is 0 Å². The Labute approximate surface area is 129 Å². The van der Waals surface area contributed by atoms with Gasteiger partial charge in [-0.2, -0.15) is 0 Å². The molecule has 0 N–H and O–H groups in total. The van der Waals surface area contributed by atoms with E-state index in [4.69, 9.17) is 9.47 Å². The number of benzene rings is 1. The largest absolute Gasteiger partial charge is 0.454 e. The highest BCUT2D eigenvalue weighted by Crippen LogP contribution is 2.32. The molecular weight excluding hydrogens is 284 g/mol. The van der Waals surface area contributed by atoms with E-state index in [-0.39, 0.29) is 0 Å². The van der Waals surface area contributed by atoms with E-state index in [0.29, 0.717) is 6.79 Å². The zero-order valence-corrected chi connectivity index (χ0v) is 13.3. The molecule has 1 aliphatic rings.